The number of hydrogen-bond acceptors (Lipinski definition) is 4. The third-order valence-corrected chi connectivity index (χ3v) is 3.11. The van der Waals surface area contributed by atoms with Crippen molar-refractivity contribution in [2.45, 2.75) is 26.4 Å². The quantitative estimate of drug-likeness (QED) is 0.892. The molecule has 0 aliphatic heterocycles. The number of hydrogen-bond donors (Lipinski definition) is 1. The van der Waals surface area contributed by atoms with Crippen molar-refractivity contribution in [3.8, 4) is 5.75 Å². The Kier molecular flexibility index (Phi) is 4.16. The summed E-state index contributed by atoms with van der Waals surface area (Å²) in [7, 11) is 3.58. The van der Waals surface area contributed by atoms with E-state index in [2.05, 4.69) is 28.4 Å². The van der Waals surface area contributed by atoms with Crippen molar-refractivity contribution >= 4 is 0 Å². The average Bonchev–Trinajstić information content (AvgIpc) is 2.81. The molecule has 0 spiro atoms. The fourth-order valence-corrected chi connectivity index (χ4v) is 2.27. The first-order chi connectivity index (χ1) is 9.21. The molecule has 0 radical (unpaired) electrons. The molecule has 1 atom stereocenters. The van der Waals surface area contributed by atoms with Crippen molar-refractivity contribution in [1.82, 2.24) is 20.1 Å². The molecule has 1 unspecified atom stereocenters. The topological polar surface area (TPSA) is 52.0 Å². The lowest BCUT2D eigenvalue weighted by atomic mass is 10.1. The Morgan fingerprint density at radius 3 is 2.89 bits per heavy atom. The van der Waals surface area contributed by atoms with E-state index in [1.165, 1.54) is 0 Å². The molecule has 102 valence electrons. The van der Waals surface area contributed by atoms with Gasteiger partial charge in [-0.3, -0.25) is 9.67 Å². The molecule has 0 aromatic carbocycles. The van der Waals surface area contributed by atoms with Crippen molar-refractivity contribution in [3.05, 3.63) is 41.5 Å². The third-order valence-electron chi connectivity index (χ3n) is 3.11. The summed E-state index contributed by atoms with van der Waals surface area (Å²) in [6, 6.07) is 5.85. The van der Waals surface area contributed by atoms with Crippen molar-refractivity contribution < 1.29 is 4.74 Å². The van der Waals surface area contributed by atoms with Crippen LogP contribution in [0, 0.1) is 6.92 Å². The molecular weight excluding hydrogens is 240 g/mol. The molecule has 0 bridgehead atoms. The first-order valence-corrected chi connectivity index (χ1v) is 6.41. The normalized spacial score (nSPS) is 12.4. The third kappa shape index (κ3) is 2.61. The summed E-state index contributed by atoms with van der Waals surface area (Å²) in [5.41, 5.74) is 2.98. The Bertz CT molecular complexity index is 550. The number of nitrogens with one attached hydrogen (secondary N) is 1. The molecule has 1 N–H and O–H groups in total. The fraction of sp³-hybridized carbons (Fsp3) is 0.429. The molecule has 2 rings (SSSR count). The number of rotatable bonds is 5. The lowest BCUT2D eigenvalue weighted by Gasteiger charge is -2.19. The van der Waals surface area contributed by atoms with E-state index in [9.17, 15) is 0 Å². The van der Waals surface area contributed by atoms with E-state index >= 15 is 0 Å². The Hall–Kier alpha value is -1.88. The van der Waals surface area contributed by atoms with Gasteiger partial charge in [-0.2, -0.15) is 5.10 Å². The van der Waals surface area contributed by atoms with Gasteiger partial charge in [0, 0.05) is 12.7 Å². The number of methoxy groups -OCH3 is 1. The Morgan fingerprint density at radius 2 is 2.26 bits per heavy atom. The van der Waals surface area contributed by atoms with Gasteiger partial charge in [0.2, 0.25) is 0 Å². The smallest absolute Gasteiger partial charge is 0.142 e. The molecule has 0 amide bonds. The lowest BCUT2D eigenvalue weighted by molar-refractivity contribution is 0.399. The number of ether oxygens (including phenoxy) is 1. The molecule has 0 saturated heterocycles. The maximum absolute atomic E-state index is 5.40. The summed E-state index contributed by atoms with van der Waals surface area (Å²) in [5, 5.41) is 7.78. The minimum atomic E-state index is -0.0303. The molecule has 2 heterocycles. The van der Waals surface area contributed by atoms with Crippen LogP contribution < -0.4 is 10.1 Å². The molecule has 2 aromatic rings. The highest BCUT2D eigenvalue weighted by atomic mass is 16.5. The molecule has 0 fully saturated rings. The van der Waals surface area contributed by atoms with Crippen LogP contribution in [0.25, 0.3) is 0 Å². The first-order valence-electron chi connectivity index (χ1n) is 6.41. The second-order valence-electron chi connectivity index (χ2n) is 4.34. The number of pyridine rings is 1. The molecule has 19 heavy (non-hydrogen) atoms. The summed E-state index contributed by atoms with van der Waals surface area (Å²) >= 11 is 0. The van der Waals surface area contributed by atoms with Crippen molar-refractivity contribution in [3.63, 3.8) is 0 Å². The van der Waals surface area contributed by atoms with Crippen LogP contribution in [-0.2, 0) is 6.54 Å². The summed E-state index contributed by atoms with van der Waals surface area (Å²) in [4.78, 5) is 4.45. The Labute approximate surface area is 113 Å². The van der Waals surface area contributed by atoms with Crippen LogP contribution in [0.5, 0.6) is 5.75 Å². The maximum Gasteiger partial charge on any atom is 0.142 e. The average molecular weight is 260 g/mol. The molecular formula is C14H20N4O. The van der Waals surface area contributed by atoms with Crippen LogP contribution in [0.4, 0.5) is 0 Å². The van der Waals surface area contributed by atoms with Gasteiger partial charge < -0.3 is 10.1 Å². The summed E-state index contributed by atoms with van der Waals surface area (Å²) in [5.74, 6) is 0.781. The van der Waals surface area contributed by atoms with E-state index in [1.807, 2.05) is 30.8 Å². The van der Waals surface area contributed by atoms with E-state index in [4.69, 9.17) is 4.74 Å². The summed E-state index contributed by atoms with van der Waals surface area (Å²) in [6.07, 6.45) is 1.78. The highest BCUT2D eigenvalue weighted by molar-refractivity contribution is 5.35. The van der Waals surface area contributed by atoms with Crippen LogP contribution in [0.3, 0.4) is 0 Å². The van der Waals surface area contributed by atoms with Gasteiger partial charge >= 0.3 is 0 Å². The largest absolute Gasteiger partial charge is 0.495 e. The van der Waals surface area contributed by atoms with Crippen LogP contribution >= 0.6 is 0 Å². The zero-order chi connectivity index (χ0) is 13.8. The zero-order valence-corrected chi connectivity index (χ0v) is 11.8. The summed E-state index contributed by atoms with van der Waals surface area (Å²) < 4.78 is 7.39. The molecule has 2 aromatic heterocycles. The zero-order valence-electron chi connectivity index (χ0n) is 11.8. The van der Waals surface area contributed by atoms with Crippen molar-refractivity contribution in [2.24, 2.45) is 0 Å². The van der Waals surface area contributed by atoms with Gasteiger partial charge in [0.25, 0.3) is 0 Å². The molecule has 5 nitrogen and oxygen atoms in total. The van der Waals surface area contributed by atoms with E-state index in [0.717, 1.165) is 29.4 Å². The molecule has 5 heteroatoms. The number of aromatic nitrogens is 3. The van der Waals surface area contributed by atoms with Gasteiger partial charge in [-0.1, -0.05) is 0 Å². The minimum Gasteiger partial charge on any atom is -0.495 e. The highest BCUT2D eigenvalue weighted by Gasteiger charge is 2.21. The Morgan fingerprint density at radius 1 is 1.47 bits per heavy atom. The highest BCUT2D eigenvalue weighted by Crippen LogP contribution is 2.28. The van der Waals surface area contributed by atoms with E-state index in [1.54, 1.807) is 13.3 Å². The molecule has 0 aliphatic carbocycles. The fourth-order valence-electron chi connectivity index (χ4n) is 2.27. The predicted molar refractivity (Wildman–Crippen MR) is 74.3 cm³/mol. The van der Waals surface area contributed by atoms with Gasteiger partial charge in [-0.15, -0.1) is 0 Å². The number of nitrogens with zero attached hydrogens (tertiary/aromatic N) is 3. The minimum absolute atomic E-state index is 0.0303. The standard InChI is InChI=1S/C14H20N4O/c1-5-18-11(9-10(2)17-18)13(15-3)14-12(19-4)7-6-8-16-14/h6-9,13,15H,5H2,1-4H3. The monoisotopic (exact) mass is 260 g/mol. The van der Waals surface area contributed by atoms with Crippen LogP contribution in [0.1, 0.15) is 30.0 Å². The van der Waals surface area contributed by atoms with Gasteiger partial charge in [0.15, 0.2) is 0 Å². The first kappa shape index (κ1) is 13.5. The van der Waals surface area contributed by atoms with Crippen molar-refractivity contribution in [2.75, 3.05) is 14.2 Å². The lowest BCUT2D eigenvalue weighted by Crippen LogP contribution is -2.23. The van der Waals surface area contributed by atoms with Gasteiger partial charge in [-0.25, -0.2) is 0 Å². The second-order valence-corrected chi connectivity index (χ2v) is 4.34. The van der Waals surface area contributed by atoms with Crippen LogP contribution in [0.2, 0.25) is 0 Å². The SMILES string of the molecule is CCn1nc(C)cc1C(NC)c1ncccc1OC. The second kappa shape index (κ2) is 5.84. The Balaban J connectivity index is 2.49. The molecule has 0 saturated carbocycles. The van der Waals surface area contributed by atoms with Crippen molar-refractivity contribution in [1.29, 1.82) is 0 Å². The van der Waals surface area contributed by atoms with Crippen LogP contribution in [-0.4, -0.2) is 28.9 Å². The molecule has 0 aliphatic rings. The summed E-state index contributed by atoms with van der Waals surface area (Å²) in [6.45, 7) is 4.91. The van der Waals surface area contributed by atoms with E-state index in [-0.39, 0.29) is 6.04 Å². The van der Waals surface area contributed by atoms with E-state index in [0.29, 0.717) is 0 Å². The maximum atomic E-state index is 5.40. The predicted octanol–water partition coefficient (Wildman–Crippen LogP) is 1.92. The number of aryl methyl sites for hydroxylation is 2. The van der Waals surface area contributed by atoms with Gasteiger partial charge in [0.05, 0.1) is 24.5 Å². The van der Waals surface area contributed by atoms with Gasteiger partial charge in [-0.05, 0) is 39.1 Å². The van der Waals surface area contributed by atoms with Crippen LogP contribution in [0.15, 0.2) is 24.4 Å². The van der Waals surface area contributed by atoms with Gasteiger partial charge in [0.1, 0.15) is 11.4 Å². The van der Waals surface area contributed by atoms with E-state index < -0.39 is 0 Å².